The van der Waals surface area contributed by atoms with Crippen LogP contribution in [0.2, 0.25) is 0 Å². The maximum absolute atomic E-state index is 13.1. The Morgan fingerprint density at radius 2 is 2.00 bits per heavy atom. The summed E-state index contributed by atoms with van der Waals surface area (Å²) in [5.41, 5.74) is 0.331. The molecular weight excluding hydrogens is 396 g/mol. The average Bonchev–Trinajstić information content (AvgIpc) is 2.98. The molecule has 2 heterocycles. The van der Waals surface area contributed by atoms with Gasteiger partial charge < -0.3 is 9.84 Å². The molecule has 1 aromatic carbocycles. The SMILES string of the molecule is CCOC(O)c1cc2c(Br)ccnc2n1S(=O)(=O)c1ccccc1. The van der Waals surface area contributed by atoms with Crippen molar-refractivity contribution in [2.75, 3.05) is 6.61 Å². The summed E-state index contributed by atoms with van der Waals surface area (Å²) in [6, 6.07) is 11.3. The van der Waals surface area contributed by atoms with Gasteiger partial charge in [0.05, 0.1) is 10.6 Å². The highest BCUT2D eigenvalue weighted by atomic mass is 79.9. The van der Waals surface area contributed by atoms with Gasteiger partial charge in [-0.1, -0.05) is 18.2 Å². The second kappa shape index (κ2) is 6.64. The van der Waals surface area contributed by atoms with Crippen LogP contribution in [0.1, 0.15) is 18.9 Å². The minimum absolute atomic E-state index is 0.106. The van der Waals surface area contributed by atoms with E-state index in [1.807, 2.05) is 0 Å². The molecule has 3 aromatic rings. The maximum atomic E-state index is 13.1. The third-order valence-electron chi connectivity index (χ3n) is 3.49. The molecule has 0 fully saturated rings. The fourth-order valence-corrected chi connectivity index (χ4v) is 4.34. The summed E-state index contributed by atoms with van der Waals surface area (Å²) in [6.07, 6.45) is 0.120. The number of aromatic nitrogens is 2. The van der Waals surface area contributed by atoms with Gasteiger partial charge in [0.25, 0.3) is 10.0 Å². The highest BCUT2D eigenvalue weighted by Gasteiger charge is 2.28. The molecule has 8 heteroatoms. The Balaban J connectivity index is 2.33. The second-order valence-electron chi connectivity index (χ2n) is 4.99. The Labute approximate surface area is 147 Å². The Bertz CT molecular complexity index is 970. The lowest BCUT2D eigenvalue weighted by atomic mass is 10.3. The van der Waals surface area contributed by atoms with Crippen LogP contribution in [0.25, 0.3) is 11.0 Å². The number of pyridine rings is 1. The first-order valence-corrected chi connectivity index (χ1v) is 9.46. The number of fused-ring (bicyclic) bond motifs is 1. The fraction of sp³-hybridized carbons (Fsp3) is 0.188. The van der Waals surface area contributed by atoms with E-state index in [-0.39, 0.29) is 22.8 Å². The molecule has 0 saturated heterocycles. The van der Waals surface area contributed by atoms with Crippen molar-refractivity contribution >= 4 is 37.0 Å². The molecule has 24 heavy (non-hydrogen) atoms. The van der Waals surface area contributed by atoms with Gasteiger partial charge >= 0.3 is 0 Å². The van der Waals surface area contributed by atoms with Gasteiger partial charge in [0, 0.05) is 22.7 Å². The molecule has 2 aromatic heterocycles. The van der Waals surface area contributed by atoms with Crippen molar-refractivity contribution in [3.63, 3.8) is 0 Å². The summed E-state index contributed by atoms with van der Waals surface area (Å²) < 4.78 is 33.1. The molecule has 0 spiro atoms. The molecule has 0 aliphatic rings. The molecule has 1 N–H and O–H groups in total. The molecule has 0 bridgehead atoms. The van der Waals surface area contributed by atoms with E-state index in [0.717, 1.165) is 3.97 Å². The van der Waals surface area contributed by atoms with Crippen molar-refractivity contribution < 1.29 is 18.3 Å². The van der Waals surface area contributed by atoms with Crippen LogP contribution in [0.3, 0.4) is 0 Å². The molecule has 1 unspecified atom stereocenters. The number of rotatable bonds is 5. The van der Waals surface area contributed by atoms with E-state index in [4.69, 9.17) is 4.74 Å². The van der Waals surface area contributed by atoms with E-state index in [0.29, 0.717) is 9.86 Å². The van der Waals surface area contributed by atoms with Crippen LogP contribution in [0.5, 0.6) is 0 Å². The van der Waals surface area contributed by atoms with Crippen molar-refractivity contribution in [1.29, 1.82) is 0 Å². The van der Waals surface area contributed by atoms with E-state index in [1.54, 1.807) is 37.3 Å². The summed E-state index contributed by atoms with van der Waals surface area (Å²) in [5, 5.41) is 10.8. The number of halogens is 1. The smallest absolute Gasteiger partial charge is 0.269 e. The van der Waals surface area contributed by atoms with Gasteiger partial charge in [0.15, 0.2) is 11.9 Å². The average molecular weight is 411 g/mol. The number of benzene rings is 1. The molecule has 1 atom stereocenters. The number of ether oxygens (including phenoxy) is 1. The molecule has 3 rings (SSSR count). The molecule has 0 aliphatic carbocycles. The van der Waals surface area contributed by atoms with Crippen molar-refractivity contribution in [3.05, 3.63) is 58.8 Å². The van der Waals surface area contributed by atoms with Crippen LogP contribution < -0.4 is 0 Å². The van der Waals surface area contributed by atoms with E-state index in [1.165, 1.54) is 18.3 Å². The summed E-state index contributed by atoms with van der Waals surface area (Å²) in [6.45, 7) is 1.96. The summed E-state index contributed by atoms with van der Waals surface area (Å²) in [4.78, 5) is 4.29. The number of nitrogens with zero attached hydrogens (tertiary/aromatic N) is 2. The zero-order valence-electron chi connectivity index (χ0n) is 12.8. The van der Waals surface area contributed by atoms with Crippen molar-refractivity contribution in [3.8, 4) is 0 Å². The first-order chi connectivity index (χ1) is 11.5. The number of hydrogen-bond donors (Lipinski definition) is 1. The number of hydrogen-bond acceptors (Lipinski definition) is 5. The van der Waals surface area contributed by atoms with E-state index in [9.17, 15) is 13.5 Å². The Kier molecular flexibility index (Phi) is 4.73. The highest BCUT2D eigenvalue weighted by Crippen LogP contribution is 2.32. The Morgan fingerprint density at radius 1 is 1.29 bits per heavy atom. The highest BCUT2D eigenvalue weighted by molar-refractivity contribution is 9.10. The Hall–Kier alpha value is -1.74. The number of aliphatic hydroxyl groups is 1. The maximum Gasteiger partial charge on any atom is 0.269 e. The predicted octanol–water partition coefficient (Wildman–Crippen LogP) is 3.06. The quantitative estimate of drug-likeness (QED) is 0.653. The summed E-state index contributed by atoms with van der Waals surface area (Å²) >= 11 is 3.38. The minimum atomic E-state index is -3.94. The summed E-state index contributed by atoms with van der Waals surface area (Å²) in [7, 11) is -3.94. The summed E-state index contributed by atoms with van der Waals surface area (Å²) in [5.74, 6) is 0. The molecule has 0 aliphatic heterocycles. The normalized spacial score (nSPS) is 13.3. The van der Waals surface area contributed by atoms with Crippen LogP contribution >= 0.6 is 15.9 Å². The largest absolute Gasteiger partial charge is 0.363 e. The molecule has 6 nitrogen and oxygen atoms in total. The lowest BCUT2D eigenvalue weighted by molar-refractivity contribution is -0.101. The third kappa shape index (κ3) is 2.86. The first kappa shape index (κ1) is 17.1. The third-order valence-corrected chi connectivity index (χ3v) is 5.92. The second-order valence-corrected chi connectivity index (χ2v) is 7.63. The molecule has 0 radical (unpaired) electrons. The van der Waals surface area contributed by atoms with Gasteiger partial charge in [-0.15, -0.1) is 0 Å². The van der Waals surface area contributed by atoms with Gasteiger partial charge in [-0.25, -0.2) is 17.4 Å². The van der Waals surface area contributed by atoms with E-state index >= 15 is 0 Å². The standard InChI is InChI=1S/C16H15BrN2O4S/c1-2-23-16(20)14-10-12-13(17)8-9-18-15(12)19(14)24(21,22)11-6-4-3-5-7-11/h3-10,16,20H,2H2,1H3. The zero-order valence-corrected chi connectivity index (χ0v) is 15.2. The number of aliphatic hydroxyl groups excluding tert-OH is 1. The van der Waals surface area contributed by atoms with Crippen LogP contribution in [-0.4, -0.2) is 29.1 Å². The first-order valence-electron chi connectivity index (χ1n) is 7.23. The minimum Gasteiger partial charge on any atom is -0.363 e. The molecule has 0 saturated carbocycles. The van der Waals surface area contributed by atoms with Gasteiger partial charge in [0.1, 0.15) is 0 Å². The van der Waals surface area contributed by atoms with Crippen molar-refractivity contribution in [2.45, 2.75) is 18.1 Å². The zero-order chi connectivity index (χ0) is 17.3. The van der Waals surface area contributed by atoms with Crippen molar-refractivity contribution in [2.24, 2.45) is 0 Å². The van der Waals surface area contributed by atoms with Gasteiger partial charge in [-0.05, 0) is 47.1 Å². The molecule has 126 valence electrons. The van der Waals surface area contributed by atoms with Gasteiger partial charge in [-0.2, -0.15) is 0 Å². The van der Waals surface area contributed by atoms with E-state index < -0.39 is 16.3 Å². The predicted molar refractivity (Wildman–Crippen MR) is 93.0 cm³/mol. The topological polar surface area (TPSA) is 81.4 Å². The van der Waals surface area contributed by atoms with E-state index in [2.05, 4.69) is 20.9 Å². The Morgan fingerprint density at radius 3 is 2.67 bits per heavy atom. The van der Waals surface area contributed by atoms with Gasteiger partial charge in [0.2, 0.25) is 0 Å². The monoisotopic (exact) mass is 410 g/mol. The molecule has 0 amide bonds. The van der Waals surface area contributed by atoms with Crippen LogP contribution in [0.15, 0.2) is 58.0 Å². The fourth-order valence-electron chi connectivity index (χ4n) is 2.43. The lowest BCUT2D eigenvalue weighted by Gasteiger charge is -2.15. The van der Waals surface area contributed by atoms with Crippen LogP contribution in [0, 0.1) is 0 Å². The van der Waals surface area contributed by atoms with Crippen LogP contribution in [0.4, 0.5) is 0 Å². The lowest BCUT2D eigenvalue weighted by Crippen LogP contribution is -2.19. The van der Waals surface area contributed by atoms with Crippen LogP contribution in [-0.2, 0) is 14.8 Å². The van der Waals surface area contributed by atoms with Gasteiger partial charge in [-0.3, -0.25) is 0 Å². The van der Waals surface area contributed by atoms with Crippen molar-refractivity contribution in [1.82, 2.24) is 8.96 Å². The molecular formula is C16H15BrN2O4S.